The maximum absolute atomic E-state index is 12.9. The van der Waals surface area contributed by atoms with E-state index in [0.29, 0.717) is 32.4 Å². The smallest absolute Gasteiger partial charge is 0.227 e. The third-order valence-electron chi connectivity index (χ3n) is 7.28. The van der Waals surface area contributed by atoms with E-state index in [1.54, 1.807) is 0 Å². The van der Waals surface area contributed by atoms with Crippen LogP contribution in [0.25, 0.3) is 10.9 Å². The van der Waals surface area contributed by atoms with Crippen molar-refractivity contribution in [2.75, 3.05) is 38.0 Å². The Bertz CT molecular complexity index is 1110. The molecule has 0 saturated carbocycles. The van der Waals surface area contributed by atoms with Crippen molar-refractivity contribution in [3.63, 3.8) is 0 Å². The fraction of sp³-hybridized carbons (Fsp3) is 0.448. The summed E-state index contributed by atoms with van der Waals surface area (Å²) in [6.45, 7) is 9.81. The number of piperidine rings is 1. The van der Waals surface area contributed by atoms with Gasteiger partial charge in [-0.05, 0) is 62.2 Å². The van der Waals surface area contributed by atoms with Crippen molar-refractivity contribution in [1.82, 2.24) is 14.4 Å². The zero-order chi connectivity index (χ0) is 24.6. The number of nitrogens with zero attached hydrogens (tertiary/aromatic N) is 3. The van der Waals surface area contributed by atoms with Crippen LogP contribution in [-0.2, 0) is 22.6 Å². The molecule has 0 atom stereocenters. The zero-order valence-electron chi connectivity index (χ0n) is 21.1. The molecular weight excluding hydrogens is 436 g/mol. The molecule has 3 aromatic rings. The second-order valence-electron chi connectivity index (χ2n) is 9.44. The summed E-state index contributed by atoms with van der Waals surface area (Å²) in [5.41, 5.74) is 3.22. The minimum absolute atomic E-state index is 0.0532. The third-order valence-corrected chi connectivity index (χ3v) is 7.28. The number of hydrogen-bond acceptors (Lipinski definition) is 3. The molecule has 6 heteroatoms. The van der Waals surface area contributed by atoms with Crippen LogP contribution < -0.4 is 5.32 Å². The number of likely N-dealkylation sites (tertiary alicyclic amines) is 1. The first-order valence-electron chi connectivity index (χ1n) is 13.0. The maximum Gasteiger partial charge on any atom is 0.227 e. The second kappa shape index (κ2) is 12.0. The third kappa shape index (κ3) is 6.51. The van der Waals surface area contributed by atoms with Crippen molar-refractivity contribution in [3.05, 3.63) is 66.4 Å². The van der Waals surface area contributed by atoms with Crippen molar-refractivity contribution in [3.8, 4) is 0 Å². The Labute approximate surface area is 208 Å². The van der Waals surface area contributed by atoms with Crippen LogP contribution in [0.5, 0.6) is 0 Å². The molecule has 1 N–H and O–H groups in total. The van der Waals surface area contributed by atoms with Gasteiger partial charge in [-0.1, -0.05) is 44.2 Å². The zero-order valence-corrected chi connectivity index (χ0v) is 21.1. The normalized spacial score (nSPS) is 14.5. The summed E-state index contributed by atoms with van der Waals surface area (Å²) in [4.78, 5) is 29.9. The highest BCUT2D eigenvalue weighted by molar-refractivity contribution is 5.95. The molecule has 4 rings (SSSR count). The fourth-order valence-corrected chi connectivity index (χ4v) is 4.95. The van der Waals surface area contributed by atoms with E-state index in [1.165, 1.54) is 11.1 Å². The van der Waals surface area contributed by atoms with E-state index in [-0.39, 0.29) is 17.7 Å². The number of amides is 2. The topological polar surface area (TPSA) is 57.6 Å². The van der Waals surface area contributed by atoms with E-state index in [2.05, 4.69) is 65.2 Å². The van der Waals surface area contributed by atoms with Crippen molar-refractivity contribution in [2.45, 2.75) is 46.1 Å². The highest BCUT2D eigenvalue weighted by atomic mass is 16.2. The van der Waals surface area contributed by atoms with Gasteiger partial charge in [0.1, 0.15) is 0 Å². The SMILES string of the molecule is CCN(CC)CCn1ccc2cc(NC(=O)C3CCN(C(=O)CCc4ccccc4)CC3)ccc21. The van der Waals surface area contributed by atoms with Gasteiger partial charge in [-0.3, -0.25) is 9.59 Å². The van der Waals surface area contributed by atoms with Gasteiger partial charge in [-0.25, -0.2) is 0 Å². The number of carbonyl (C=O) groups is 2. The molecule has 1 saturated heterocycles. The molecule has 0 unspecified atom stereocenters. The van der Waals surface area contributed by atoms with Crippen LogP contribution in [0.15, 0.2) is 60.8 Å². The van der Waals surface area contributed by atoms with Crippen LogP contribution in [0.2, 0.25) is 0 Å². The summed E-state index contributed by atoms with van der Waals surface area (Å²) in [6, 6.07) is 18.4. The Hall–Kier alpha value is -3.12. The molecule has 35 heavy (non-hydrogen) atoms. The standard InChI is InChI=1S/C29H38N4O2/c1-3-31(4-2)20-21-32-17-16-25-22-26(11-12-27(25)32)30-29(35)24-14-18-33(19-15-24)28(34)13-10-23-8-6-5-7-9-23/h5-9,11-12,16-17,22,24H,3-4,10,13-15,18-21H2,1-2H3,(H,30,35). The molecule has 0 bridgehead atoms. The van der Waals surface area contributed by atoms with Crippen LogP contribution in [0, 0.1) is 5.92 Å². The Morgan fingerprint density at radius 3 is 2.46 bits per heavy atom. The highest BCUT2D eigenvalue weighted by Crippen LogP contribution is 2.24. The monoisotopic (exact) mass is 474 g/mol. The number of aromatic nitrogens is 1. The van der Waals surface area contributed by atoms with Gasteiger partial charge in [0.05, 0.1) is 0 Å². The lowest BCUT2D eigenvalue weighted by Gasteiger charge is -2.31. The molecule has 0 aliphatic carbocycles. The van der Waals surface area contributed by atoms with Gasteiger partial charge < -0.3 is 19.7 Å². The number of fused-ring (bicyclic) bond motifs is 1. The summed E-state index contributed by atoms with van der Waals surface area (Å²) in [7, 11) is 0. The molecule has 1 aromatic heterocycles. The van der Waals surface area contributed by atoms with Crippen LogP contribution in [0.1, 0.15) is 38.7 Å². The minimum atomic E-state index is -0.0532. The Balaban J connectivity index is 1.26. The summed E-state index contributed by atoms with van der Waals surface area (Å²) < 4.78 is 2.28. The van der Waals surface area contributed by atoms with E-state index in [9.17, 15) is 9.59 Å². The average Bonchev–Trinajstić information content (AvgIpc) is 3.30. The summed E-state index contributed by atoms with van der Waals surface area (Å²) in [5, 5.41) is 4.25. The Morgan fingerprint density at radius 2 is 1.74 bits per heavy atom. The first-order chi connectivity index (χ1) is 17.1. The predicted molar refractivity (Wildman–Crippen MR) is 142 cm³/mol. The van der Waals surface area contributed by atoms with E-state index in [0.717, 1.165) is 43.7 Å². The number of aryl methyl sites for hydroxylation is 1. The van der Waals surface area contributed by atoms with Crippen LogP contribution in [-0.4, -0.2) is 58.9 Å². The van der Waals surface area contributed by atoms with E-state index >= 15 is 0 Å². The molecule has 1 aliphatic rings. The fourth-order valence-electron chi connectivity index (χ4n) is 4.95. The lowest BCUT2D eigenvalue weighted by Crippen LogP contribution is -2.41. The van der Waals surface area contributed by atoms with E-state index in [1.807, 2.05) is 29.2 Å². The quantitative estimate of drug-likeness (QED) is 0.460. The van der Waals surface area contributed by atoms with Crippen molar-refractivity contribution < 1.29 is 9.59 Å². The number of carbonyl (C=O) groups excluding carboxylic acids is 2. The molecular formula is C29H38N4O2. The van der Waals surface area contributed by atoms with E-state index in [4.69, 9.17) is 0 Å². The van der Waals surface area contributed by atoms with E-state index < -0.39 is 0 Å². The molecule has 2 heterocycles. The number of likely N-dealkylation sites (N-methyl/N-ethyl adjacent to an activating group) is 1. The Morgan fingerprint density at radius 1 is 1.00 bits per heavy atom. The molecule has 1 aliphatic heterocycles. The summed E-state index contributed by atoms with van der Waals surface area (Å²) in [6.07, 6.45) is 4.85. The van der Waals surface area contributed by atoms with Gasteiger partial charge in [-0.2, -0.15) is 0 Å². The number of nitrogens with one attached hydrogen (secondary N) is 1. The van der Waals surface area contributed by atoms with Crippen LogP contribution in [0.4, 0.5) is 5.69 Å². The van der Waals surface area contributed by atoms with Gasteiger partial charge in [0, 0.05) is 61.3 Å². The number of anilines is 1. The second-order valence-corrected chi connectivity index (χ2v) is 9.44. The van der Waals surface area contributed by atoms with Gasteiger partial charge in [0.2, 0.25) is 11.8 Å². The molecule has 186 valence electrons. The number of rotatable bonds is 10. The van der Waals surface area contributed by atoms with Gasteiger partial charge in [0.25, 0.3) is 0 Å². The lowest BCUT2D eigenvalue weighted by molar-refractivity contribution is -0.134. The first kappa shape index (κ1) is 25.0. The lowest BCUT2D eigenvalue weighted by atomic mass is 9.95. The highest BCUT2D eigenvalue weighted by Gasteiger charge is 2.27. The van der Waals surface area contributed by atoms with Gasteiger partial charge in [-0.15, -0.1) is 0 Å². The van der Waals surface area contributed by atoms with Crippen LogP contribution in [0.3, 0.4) is 0 Å². The van der Waals surface area contributed by atoms with Crippen LogP contribution >= 0.6 is 0 Å². The molecule has 1 fully saturated rings. The maximum atomic E-state index is 12.9. The number of hydrogen-bond donors (Lipinski definition) is 1. The average molecular weight is 475 g/mol. The molecule has 6 nitrogen and oxygen atoms in total. The predicted octanol–water partition coefficient (Wildman–Crippen LogP) is 4.79. The van der Waals surface area contributed by atoms with Gasteiger partial charge >= 0.3 is 0 Å². The van der Waals surface area contributed by atoms with Crippen molar-refractivity contribution in [2.24, 2.45) is 5.92 Å². The minimum Gasteiger partial charge on any atom is -0.346 e. The van der Waals surface area contributed by atoms with Crippen molar-refractivity contribution >= 4 is 28.4 Å². The molecule has 2 amide bonds. The summed E-state index contributed by atoms with van der Waals surface area (Å²) >= 11 is 0. The molecule has 2 aromatic carbocycles. The summed E-state index contributed by atoms with van der Waals surface area (Å²) in [5.74, 6) is 0.188. The number of benzene rings is 2. The van der Waals surface area contributed by atoms with Gasteiger partial charge in [0.15, 0.2) is 0 Å². The molecule has 0 radical (unpaired) electrons. The molecule has 0 spiro atoms. The Kier molecular flexibility index (Phi) is 8.59. The largest absolute Gasteiger partial charge is 0.346 e. The first-order valence-corrected chi connectivity index (χ1v) is 13.0. The van der Waals surface area contributed by atoms with Crippen molar-refractivity contribution in [1.29, 1.82) is 0 Å².